The van der Waals surface area contributed by atoms with Crippen molar-refractivity contribution in [3.8, 4) is 0 Å². The van der Waals surface area contributed by atoms with Gasteiger partial charge in [0.05, 0.1) is 0 Å². The molecule has 1 aromatic heterocycles. The van der Waals surface area contributed by atoms with Crippen molar-refractivity contribution in [2.45, 2.75) is 44.1 Å². The lowest BCUT2D eigenvalue weighted by Crippen LogP contribution is -2.41. The molecular formula is C27H32N4O4S. The highest BCUT2D eigenvalue weighted by Gasteiger charge is 2.27. The number of hydrogen-bond donors (Lipinski definition) is 1. The van der Waals surface area contributed by atoms with E-state index in [2.05, 4.69) is 48.5 Å². The van der Waals surface area contributed by atoms with Crippen LogP contribution in [0.5, 0.6) is 0 Å². The normalized spacial score (nSPS) is 17.0. The van der Waals surface area contributed by atoms with E-state index in [1.54, 1.807) is 19.3 Å². The average Bonchev–Trinajstić information content (AvgIpc) is 2.87. The van der Waals surface area contributed by atoms with Crippen LogP contribution < -0.4 is 10.7 Å². The van der Waals surface area contributed by atoms with Gasteiger partial charge in [-0.3, -0.25) is 4.79 Å². The maximum atomic E-state index is 11.9. The molecule has 9 heteroatoms. The van der Waals surface area contributed by atoms with Gasteiger partial charge in [0.2, 0.25) is 5.56 Å². The summed E-state index contributed by atoms with van der Waals surface area (Å²) in [4.78, 5) is 23.8. The second kappa shape index (κ2) is 10.9. The first-order chi connectivity index (χ1) is 17.2. The van der Waals surface area contributed by atoms with Crippen LogP contribution in [0.2, 0.25) is 0 Å². The van der Waals surface area contributed by atoms with Crippen LogP contribution in [0.3, 0.4) is 0 Å². The van der Waals surface area contributed by atoms with E-state index in [1.165, 1.54) is 20.5 Å². The summed E-state index contributed by atoms with van der Waals surface area (Å²) >= 11 is 0. The average molecular weight is 509 g/mol. The first-order valence-corrected chi connectivity index (χ1v) is 13.6. The number of piperidine rings is 1. The molecule has 3 aromatic rings. The van der Waals surface area contributed by atoms with Gasteiger partial charge in [0.25, 0.3) is 10.2 Å². The molecule has 1 aliphatic heterocycles. The van der Waals surface area contributed by atoms with Gasteiger partial charge < -0.3 is 4.57 Å². The molecule has 2 unspecified atom stereocenters. The first kappa shape index (κ1) is 25.9. The third kappa shape index (κ3) is 5.80. The fourth-order valence-electron chi connectivity index (χ4n) is 5.14. The largest absolute Gasteiger partial charge is 0.318 e. The standard InChI is InChI=1S/C27H32N4O4S/c1-19-5-3-4-6-24(19)25(17-26(29-33)23-11-12-27(32)30(2)18-23)22-9-7-20(8-10-22)21-13-15-31(16-14-21)36(28,34)35/h3-12,18,21,25-26H,13-17H2,1-2H3,(H2,28,34,35). The Morgan fingerprint density at radius 2 is 1.64 bits per heavy atom. The molecule has 2 aromatic carbocycles. The van der Waals surface area contributed by atoms with Gasteiger partial charge in [-0.15, -0.1) is 0 Å². The number of nitroso groups, excluding NO2 is 1. The van der Waals surface area contributed by atoms with E-state index in [0.717, 1.165) is 29.5 Å². The maximum absolute atomic E-state index is 11.9. The molecule has 0 spiro atoms. The minimum Gasteiger partial charge on any atom is -0.318 e. The van der Waals surface area contributed by atoms with Gasteiger partial charge in [0, 0.05) is 38.3 Å². The van der Waals surface area contributed by atoms with E-state index < -0.39 is 16.3 Å². The lowest BCUT2D eigenvalue weighted by Gasteiger charge is -2.30. The molecular weight excluding hydrogens is 476 g/mol. The Labute approximate surface area is 211 Å². The minimum absolute atomic E-state index is 0.0654. The first-order valence-electron chi connectivity index (χ1n) is 12.1. The molecule has 1 saturated heterocycles. The monoisotopic (exact) mass is 508 g/mol. The topological polar surface area (TPSA) is 115 Å². The minimum atomic E-state index is -3.65. The van der Waals surface area contributed by atoms with Crippen molar-refractivity contribution >= 4 is 10.2 Å². The summed E-state index contributed by atoms with van der Waals surface area (Å²) < 4.78 is 26.0. The molecule has 8 nitrogen and oxygen atoms in total. The van der Waals surface area contributed by atoms with Gasteiger partial charge in [-0.2, -0.15) is 17.6 Å². The molecule has 0 amide bonds. The second-order valence-electron chi connectivity index (χ2n) is 9.56. The van der Waals surface area contributed by atoms with Crippen LogP contribution in [-0.4, -0.2) is 30.4 Å². The van der Waals surface area contributed by atoms with Crippen molar-refractivity contribution in [2.75, 3.05) is 13.1 Å². The zero-order chi connectivity index (χ0) is 25.9. The third-order valence-corrected chi connectivity index (χ3v) is 8.35. The van der Waals surface area contributed by atoms with Gasteiger partial charge in [0.1, 0.15) is 6.04 Å². The number of hydrogen-bond acceptors (Lipinski definition) is 5. The highest BCUT2D eigenvalue weighted by Crippen LogP contribution is 2.38. The summed E-state index contributed by atoms with van der Waals surface area (Å²) in [7, 11) is -1.98. The second-order valence-corrected chi connectivity index (χ2v) is 11.1. The summed E-state index contributed by atoms with van der Waals surface area (Å²) in [6.45, 7) is 2.90. The van der Waals surface area contributed by atoms with Crippen LogP contribution in [-0.2, 0) is 17.3 Å². The van der Waals surface area contributed by atoms with E-state index in [0.29, 0.717) is 25.1 Å². The van der Waals surface area contributed by atoms with Gasteiger partial charge in [-0.1, -0.05) is 53.7 Å². The number of nitrogens with zero attached hydrogens (tertiary/aromatic N) is 3. The quantitative estimate of drug-likeness (QED) is 0.461. The number of rotatable bonds is 8. The number of pyridine rings is 1. The van der Waals surface area contributed by atoms with Crippen molar-refractivity contribution in [3.63, 3.8) is 0 Å². The molecule has 1 aliphatic rings. The highest BCUT2D eigenvalue weighted by atomic mass is 32.2. The van der Waals surface area contributed by atoms with Crippen molar-refractivity contribution in [2.24, 2.45) is 17.4 Å². The fourth-order valence-corrected chi connectivity index (χ4v) is 5.86. The van der Waals surface area contributed by atoms with Crippen LogP contribution in [0.25, 0.3) is 0 Å². The molecule has 4 rings (SSSR count). The zero-order valence-corrected chi connectivity index (χ0v) is 21.4. The Morgan fingerprint density at radius 3 is 2.22 bits per heavy atom. The summed E-state index contributed by atoms with van der Waals surface area (Å²) in [6.07, 6.45) is 3.60. The Hall–Kier alpha value is -3.14. The summed E-state index contributed by atoms with van der Waals surface area (Å²) in [5, 5.41) is 8.71. The van der Waals surface area contributed by atoms with Crippen LogP contribution in [0.15, 0.2) is 76.8 Å². The number of aromatic nitrogens is 1. The van der Waals surface area contributed by atoms with E-state index in [-0.39, 0.29) is 17.4 Å². The van der Waals surface area contributed by atoms with E-state index in [1.807, 2.05) is 12.1 Å². The summed E-state index contributed by atoms with van der Waals surface area (Å²) in [5.74, 6) is 0.202. The molecule has 0 bridgehead atoms. The van der Waals surface area contributed by atoms with Crippen molar-refractivity contribution in [1.82, 2.24) is 8.87 Å². The van der Waals surface area contributed by atoms with Crippen LogP contribution in [0, 0.1) is 11.8 Å². The lowest BCUT2D eigenvalue weighted by atomic mass is 9.81. The summed E-state index contributed by atoms with van der Waals surface area (Å²) in [6, 6.07) is 19.1. The predicted octanol–water partition coefficient (Wildman–Crippen LogP) is 4.11. The summed E-state index contributed by atoms with van der Waals surface area (Å²) in [5.41, 5.74) is 5.08. The molecule has 0 radical (unpaired) electrons. The number of nitrogens with two attached hydrogens (primary N) is 1. The molecule has 0 saturated carbocycles. The third-order valence-electron chi connectivity index (χ3n) is 7.27. The maximum Gasteiger partial charge on any atom is 0.276 e. The molecule has 2 N–H and O–H groups in total. The van der Waals surface area contributed by atoms with Gasteiger partial charge in [-0.05, 0) is 66.0 Å². The Kier molecular flexibility index (Phi) is 7.82. The number of aryl methyl sites for hydroxylation is 2. The van der Waals surface area contributed by atoms with Gasteiger partial charge >= 0.3 is 0 Å². The van der Waals surface area contributed by atoms with E-state index in [9.17, 15) is 18.1 Å². The lowest BCUT2D eigenvalue weighted by molar-refractivity contribution is 0.320. The van der Waals surface area contributed by atoms with Crippen molar-refractivity contribution < 1.29 is 8.42 Å². The Bertz CT molecular complexity index is 1380. The molecule has 190 valence electrons. The van der Waals surface area contributed by atoms with Crippen LogP contribution in [0.4, 0.5) is 0 Å². The Morgan fingerprint density at radius 1 is 1.00 bits per heavy atom. The van der Waals surface area contributed by atoms with Gasteiger partial charge in [-0.25, -0.2) is 5.14 Å². The molecule has 1 fully saturated rings. The van der Waals surface area contributed by atoms with E-state index >= 15 is 0 Å². The van der Waals surface area contributed by atoms with Crippen molar-refractivity contribution in [1.29, 1.82) is 0 Å². The molecule has 36 heavy (non-hydrogen) atoms. The van der Waals surface area contributed by atoms with Crippen LogP contribution in [0.1, 0.15) is 65.0 Å². The molecule has 2 heterocycles. The molecule has 0 aliphatic carbocycles. The smallest absolute Gasteiger partial charge is 0.276 e. The molecule has 2 atom stereocenters. The Balaban J connectivity index is 1.61. The fraction of sp³-hybridized carbons (Fsp3) is 0.370. The van der Waals surface area contributed by atoms with Crippen LogP contribution >= 0.6 is 0 Å². The zero-order valence-electron chi connectivity index (χ0n) is 20.6. The SMILES string of the molecule is Cc1ccccc1C(CC(N=O)c1ccc(=O)n(C)c1)c1ccc(C2CCN(S(N)(=O)=O)CC2)cc1. The highest BCUT2D eigenvalue weighted by molar-refractivity contribution is 7.86. The van der Waals surface area contributed by atoms with Crippen molar-refractivity contribution in [3.05, 3.63) is 110 Å². The predicted molar refractivity (Wildman–Crippen MR) is 141 cm³/mol. The number of benzene rings is 2. The van der Waals surface area contributed by atoms with Gasteiger partial charge in [0.15, 0.2) is 0 Å². The van der Waals surface area contributed by atoms with E-state index in [4.69, 9.17) is 5.14 Å².